The lowest BCUT2D eigenvalue weighted by atomic mass is 9.97. The maximum Gasteiger partial charge on any atom is 0.131 e. The molecule has 0 bridgehead atoms. The fraction of sp³-hybridized carbons (Fsp3) is 0.294. The van der Waals surface area contributed by atoms with E-state index in [2.05, 4.69) is 10.0 Å². The van der Waals surface area contributed by atoms with Crippen LogP contribution in [-0.4, -0.2) is 49.4 Å². The van der Waals surface area contributed by atoms with Crippen LogP contribution in [-0.2, 0) is 12.8 Å². The van der Waals surface area contributed by atoms with Crippen molar-refractivity contribution in [2.75, 3.05) is 27.2 Å². The summed E-state index contributed by atoms with van der Waals surface area (Å²) in [5.74, 6) is 1.06. The fourth-order valence-corrected chi connectivity index (χ4v) is 6.01. The molecule has 2 aliphatic heterocycles. The molecule has 0 N–H and O–H groups in total. The smallest absolute Gasteiger partial charge is 0.131 e. The lowest BCUT2D eigenvalue weighted by molar-refractivity contribution is -0.0221. The summed E-state index contributed by atoms with van der Waals surface area (Å²) < 4.78 is 42.0. The number of aryl methyl sites for hydroxylation is 2. The number of benzene rings is 4. The molecule has 2 heterocycles. The van der Waals surface area contributed by atoms with Crippen molar-refractivity contribution in [1.29, 1.82) is 0 Å². The molecule has 2 unspecified atom stereocenters. The van der Waals surface area contributed by atoms with Crippen LogP contribution in [0.25, 0.3) is 22.3 Å². The molecule has 6 heteroatoms. The highest BCUT2D eigenvalue weighted by Crippen LogP contribution is 2.42. The van der Waals surface area contributed by atoms with Gasteiger partial charge in [0.1, 0.15) is 35.3 Å². The quantitative estimate of drug-likeness (QED) is 0.236. The average molecular weight is 541 g/mol. The van der Waals surface area contributed by atoms with Gasteiger partial charge in [0.15, 0.2) is 0 Å². The molecule has 0 amide bonds. The van der Waals surface area contributed by atoms with Crippen molar-refractivity contribution in [2.45, 2.75) is 38.9 Å². The Bertz CT molecular complexity index is 1450. The van der Waals surface area contributed by atoms with E-state index in [9.17, 15) is 8.78 Å². The maximum atomic E-state index is 14.6. The molecule has 4 aromatic rings. The fourth-order valence-electron chi connectivity index (χ4n) is 6.01. The van der Waals surface area contributed by atoms with Gasteiger partial charge in [0.25, 0.3) is 0 Å². The normalized spacial score (nSPS) is 17.6. The Hall–Kier alpha value is -3.74. The summed E-state index contributed by atoms with van der Waals surface area (Å²) in [6, 6.07) is 22.3. The van der Waals surface area contributed by atoms with Crippen molar-refractivity contribution in [3.05, 3.63) is 107 Å². The zero-order valence-corrected chi connectivity index (χ0v) is 23.4. The van der Waals surface area contributed by atoms with Crippen LogP contribution in [0.1, 0.15) is 22.3 Å². The topological polar surface area (TPSA) is 24.9 Å². The van der Waals surface area contributed by atoms with E-state index in [4.69, 9.17) is 9.47 Å². The Labute approximate surface area is 234 Å². The first-order valence-electron chi connectivity index (χ1n) is 13.8. The van der Waals surface area contributed by atoms with E-state index in [1.165, 1.54) is 0 Å². The van der Waals surface area contributed by atoms with E-state index in [0.717, 1.165) is 56.0 Å². The summed E-state index contributed by atoms with van der Waals surface area (Å²) >= 11 is 0. The van der Waals surface area contributed by atoms with Crippen molar-refractivity contribution in [1.82, 2.24) is 10.0 Å². The first-order valence-corrected chi connectivity index (χ1v) is 13.8. The molecule has 6 rings (SSSR count). The molecule has 2 atom stereocenters. The number of hydrogen-bond donors (Lipinski definition) is 0. The number of fused-ring (bicyclic) bond motifs is 2. The summed E-state index contributed by atoms with van der Waals surface area (Å²) in [4.78, 5) is 0. The standard InChI is InChI=1S/C34H34F2N2O2/c1-21-9-5-7-11-29(21)31-17-25(35)13-23-15-27(39-33(23)31)19-37(3)38(4)20-28-16-24-14-26(36)18-32(34(24)40-28)30-12-8-6-10-22(30)2/h5-14,17-18,27-28H,15-16,19-20H2,1-4H3. The second-order valence-electron chi connectivity index (χ2n) is 11.1. The minimum absolute atomic E-state index is 0.101. The molecule has 2 aliphatic rings. The molecule has 4 aromatic carbocycles. The van der Waals surface area contributed by atoms with Crippen LogP contribution in [0.5, 0.6) is 11.5 Å². The molecule has 4 nitrogen and oxygen atoms in total. The molecular formula is C34H34F2N2O2. The number of nitrogens with zero attached hydrogens (tertiary/aromatic N) is 2. The van der Waals surface area contributed by atoms with Gasteiger partial charge in [-0.15, -0.1) is 0 Å². The van der Waals surface area contributed by atoms with E-state index in [0.29, 0.717) is 25.9 Å². The molecular weight excluding hydrogens is 506 g/mol. The highest BCUT2D eigenvalue weighted by atomic mass is 19.1. The third-order valence-electron chi connectivity index (χ3n) is 8.11. The van der Waals surface area contributed by atoms with Crippen LogP contribution < -0.4 is 9.47 Å². The minimum atomic E-state index is -0.244. The SMILES string of the molecule is Cc1ccccc1-c1cc(F)cc2c1OC(CN(C)N(C)CC1Cc3cc(F)cc(-c4ccccc4C)c3O1)C2. The largest absolute Gasteiger partial charge is 0.488 e. The second-order valence-corrected chi connectivity index (χ2v) is 11.1. The summed E-state index contributed by atoms with van der Waals surface area (Å²) in [6.45, 7) is 5.35. The van der Waals surface area contributed by atoms with E-state index in [-0.39, 0.29) is 23.8 Å². The zero-order valence-electron chi connectivity index (χ0n) is 23.4. The molecule has 0 fully saturated rings. The van der Waals surface area contributed by atoms with E-state index >= 15 is 0 Å². The molecule has 0 saturated heterocycles. The van der Waals surface area contributed by atoms with Crippen LogP contribution in [0.3, 0.4) is 0 Å². The summed E-state index contributed by atoms with van der Waals surface area (Å²) in [6.07, 6.45) is 1.09. The van der Waals surface area contributed by atoms with Crippen LogP contribution in [0, 0.1) is 25.5 Å². The van der Waals surface area contributed by atoms with Gasteiger partial charge in [-0.05, 0) is 60.4 Å². The predicted octanol–water partition coefficient (Wildman–Crippen LogP) is 7.00. The first kappa shape index (κ1) is 26.5. The molecule has 40 heavy (non-hydrogen) atoms. The third-order valence-corrected chi connectivity index (χ3v) is 8.11. The van der Waals surface area contributed by atoms with Gasteiger partial charge in [-0.2, -0.15) is 0 Å². The van der Waals surface area contributed by atoms with E-state index < -0.39 is 0 Å². The number of ether oxygens (including phenoxy) is 2. The zero-order chi connectivity index (χ0) is 28.0. The van der Waals surface area contributed by atoms with Crippen molar-refractivity contribution in [3.8, 4) is 33.8 Å². The van der Waals surface area contributed by atoms with Crippen molar-refractivity contribution in [3.63, 3.8) is 0 Å². The molecule has 0 radical (unpaired) electrons. The van der Waals surface area contributed by atoms with Gasteiger partial charge in [-0.1, -0.05) is 48.5 Å². The maximum absolute atomic E-state index is 14.6. The van der Waals surface area contributed by atoms with Crippen molar-refractivity contribution >= 4 is 0 Å². The number of likely N-dealkylation sites (N-methyl/N-ethyl adjacent to an activating group) is 2. The Morgan fingerprint density at radius 1 is 0.625 bits per heavy atom. The monoisotopic (exact) mass is 540 g/mol. The summed E-state index contributed by atoms with van der Waals surface area (Å²) in [5.41, 5.74) is 7.57. The molecule has 206 valence electrons. The van der Waals surface area contributed by atoms with Gasteiger partial charge in [0.2, 0.25) is 0 Å². The van der Waals surface area contributed by atoms with Crippen molar-refractivity contribution in [2.24, 2.45) is 0 Å². The number of halogens is 2. The lowest BCUT2D eigenvalue weighted by Gasteiger charge is -2.31. The van der Waals surface area contributed by atoms with Gasteiger partial charge in [0.05, 0.1) is 13.1 Å². The molecule has 0 spiro atoms. The Morgan fingerprint density at radius 3 is 1.43 bits per heavy atom. The van der Waals surface area contributed by atoms with Crippen molar-refractivity contribution < 1.29 is 18.3 Å². The van der Waals surface area contributed by atoms with Gasteiger partial charge in [0, 0.05) is 49.2 Å². The Kier molecular flexibility index (Phi) is 7.07. The number of hydrogen-bond acceptors (Lipinski definition) is 4. The molecule has 0 aromatic heterocycles. The van der Waals surface area contributed by atoms with E-state index in [1.807, 2.05) is 76.5 Å². The van der Waals surface area contributed by atoms with Gasteiger partial charge in [-0.3, -0.25) is 0 Å². The van der Waals surface area contributed by atoms with E-state index in [1.54, 1.807) is 24.3 Å². The molecule has 0 aliphatic carbocycles. The predicted molar refractivity (Wildman–Crippen MR) is 155 cm³/mol. The highest BCUT2D eigenvalue weighted by molar-refractivity contribution is 5.76. The summed E-state index contributed by atoms with van der Waals surface area (Å²) in [7, 11) is 4.05. The number of hydrazine groups is 1. The third kappa shape index (κ3) is 5.09. The molecule has 0 saturated carbocycles. The van der Waals surface area contributed by atoms with Gasteiger partial charge in [-0.25, -0.2) is 18.8 Å². The highest BCUT2D eigenvalue weighted by Gasteiger charge is 2.32. The van der Waals surface area contributed by atoms with Crippen LogP contribution in [0.2, 0.25) is 0 Å². The average Bonchev–Trinajstić information content (AvgIpc) is 3.51. The van der Waals surface area contributed by atoms with Crippen LogP contribution in [0.15, 0.2) is 72.8 Å². The minimum Gasteiger partial charge on any atom is -0.488 e. The second kappa shape index (κ2) is 10.7. The Morgan fingerprint density at radius 2 is 1.02 bits per heavy atom. The lowest BCUT2D eigenvalue weighted by Crippen LogP contribution is -2.46. The summed E-state index contributed by atoms with van der Waals surface area (Å²) in [5, 5.41) is 4.24. The Balaban J connectivity index is 1.13. The van der Waals surface area contributed by atoms with Crippen LogP contribution >= 0.6 is 0 Å². The van der Waals surface area contributed by atoms with Gasteiger partial charge < -0.3 is 9.47 Å². The van der Waals surface area contributed by atoms with Gasteiger partial charge >= 0.3 is 0 Å². The van der Waals surface area contributed by atoms with Crippen LogP contribution in [0.4, 0.5) is 8.78 Å². The first-order chi connectivity index (χ1) is 19.3. The number of rotatable bonds is 7.